The predicted molar refractivity (Wildman–Crippen MR) is 153 cm³/mol. The van der Waals surface area contributed by atoms with Crippen LogP contribution in [0.5, 0.6) is 0 Å². The largest absolute Gasteiger partial charge is 0.464 e. The number of allylic oxidation sites excluding steroid dienone is 3. The number of hydrogen-bond acceptors (Lipinski definition) is 1. The number of fused-ring (bicyclic) bond motifs is 5. The van der Waals surface area contributed by atoms with Gasteiger partial charge in [0.05, 0.1) is 23.0 Å². The van der Waals surface area contributed by atoms with Crippen molar-refractivity contribution in [2.75, 3.05) is 0 Å². The Hall–Kier alpha value is -3.70. The molecule has 7 rings (SSSR count). The number of para-hydroxylation sites is 2. The molecule has 0 saturated carbocycles. The maximum atomic E-state index is 5.84. The lowest BCUT2D eigenvalue weighted by atomic mass is 9.95. The molecule has 3 heteroatoms. The Morgan fingerprint density at radius 2 is 1.53 bits per heavy atom. The average molecular weight is 549 g/mol. The van der Waals surface area contributed by atoms with E-state index < -0.39 is 0 Å². The maximum absolute atomic E-state index is 5.84. The topological polar surface area (TPSA) is 18.1 Å². The molecular formula is C31H20INO. The van der Waals surface area contributed by atoms with E-state index in [2.05, 4.69) is 116 Å². The third kappa shape index (κ3) is 2.97. The van der Waals surface area contributed by atoms with Crippen molar-refractivity contribution in [1.82, 2.24) is 4.57 Å². The van der Waals surface area contributed by atoms with Crippen LogP contribution in [0.25, 0.3) is 55.2 Å². The SMILES string of the molecule is C1=CC(c2cccc(-c3ccccc3)c2-n2c3ccccc3c3ccc4occc4c32)=CI=C1. The number of furan rings is 1. The maximum Gasteiger partial charge on any atom is 0.136 e. The van der Waals surface area contributed by atoms with Crippen LogP contribution >= 0.6 is 20.7 Å². The van der Waals surface area contributed by atoms with E-state index in [-0.39, 0.29) is 20.7 Å². The zero-order chi connectivity index (χ0) is 22.5. The first kappa shape index (κ1) is 19.7. The summed E-state index contributed by atoms with van der Waals surface area (Å²) in [5, 5.41) is 3.63. The Bertz CT molecular complexity index is 1800. The van der Waals surface area contributed by atoms with E-state index in [1.807, 2.05) is 0 Å². The van der Waals surface area contributed by atoms with Crippen molar-refractivity contribution < 1.29 is 4.42 Å². The van der Waals surface area contributed by atoms with Gasteiger partial charge >= 0.3 is 0 Å². The molecule has 0 aliphatic carbocycles. The van der Waals surface area contributed by atoms with Gasteiger partial charge in [0.2, 0.25) is 0 Å². The highest BCUT2D eigenvalue weighted by Crippen LogP contribution is 2.42. The molecule has 0 radical (unpaired) electrons. The lowest BCUT2D eigenvalue weighted by molar-refractivity contribution is 0.616. The second kappa shape index (κ2) is 7.96. The highest BCUT2D eigenvalue weighted by molar-refractivity contribution is 14.2. The third-order valence-corrected chi connectivity index (χ3v) is 8.38. The Kier molecular flexibility index (Phi) is 4.62. The van der Waals surface area contributed by atoms with Gasteiger partial charge in [-0.25, -0.2) is 0 Å². The van der Waals surface area contributed by atoms with Crippen molar-refractivity contribution in [2.45, 2.75) is 0 Å². The van der Waals surface area contributed by atoms with Crippen molar-refractivity contribution in [3.05, 3.63) is 119 Å². The molecule has 6 aromatic rings. The van der Waals surface area contributed by atoms with Gasteiger partial charge in [0.1, 0.15) is 5.58 Å². The van der Waals surface area contributed by atoms with Crippen LogP contribution in [0.3, 0.4) is 0 Å². The quantitative estimate of drug-likeness (QED) is 0.202. The molecule has 0 N–H and O–H groups in total. The van der Waals surface area contributed by atoms with Crippen molar-refractivity contribution in [2.24, 2.45) is 0 Å². The Balaban J connectivity index is 1.71. The molecule has 1 aliphatic heterocycles. The summed E-state index contributed by atoms with van der Waals surface area (Å²) in [5.41, 5.74) is 9.52. The third-order valence-electron chi connectivity index (χ3n) is 6.52. The van der Waals surface area contributed by atoms with Gasteiger partial charge < -0.3 is 8.98 Å². The number of nitrogens with zero attached hydrogens (tertiary/aromatic N) is 1. The summed E-state index contributed by atoms with van der Waals surface area (Å²) in [6.45, 7) is 0. The fourth-order valence-corrected chi connectivity index (χ4v) is 6.66. The Morgan fingerprint density at radius 1 is 0.676 bits per heavy atom. The van der Waals surface area contributed by atoms with Crippen molar-refractivity contribution in [3.63, 3.8) is 0 Å². The minimum atomic E-state index is -0.0774. The van der Waals surface area contributed by atoms with E-state index in [0.29, 0.717) is 0 Å². The van der Waals surface area contributed by atoms with Crippen LogP contribution in [0.4, 0.5) is 0 Å². The summed E-state index contributed by atoms with van der Waals surface area (Å²) < 4.78 is 13.0. The van der Waals surface area contributed by atoms with E-state index in [0.717, 1.165) is 11.0 Å². The molecule has 2 nitrogen and oxygen atoms in total. The van der Waals surface area contributed by atoms with Gasteiger partial charge in [-0.1, -0.05) is 99.6 Å². The lowest BCUT2D eigenvalue weighted by Crippen LogP contribution is -2.02. The van der Waals surface area contributed by atoms with Crippen LogP contribution in [-0.2, 0) is 0 Å². The molecule has 162 valence electrons. The van der Waals surface area contributed by atoms with E-state index in [4.69, 9.17) is 4.42 Å². The van der Waals surface area contributed by atoms with Crippen LogP contribution in [0.2, 0.25) is 0 Å². The molecule has 0 atom stereocenters. The van der Waals surface area contributed by atoms with E-state index in [9.17, 15) is 0 Å². The summed E-state index contributed by atoms with van der Waals surface area (Å²) in [6, 6.07) is 32.5. The molecule has 4 aromatic carbocycles. The fourth-order valence-electron chi connectivity index (χ4n) is 5.08. The van der Waals surface area contributed by atoms with Crippen LogP contribution in [0.15, 0.2) is 118 Å². The molecule has 0 saturated heterocycles. The van der Waals surface area contributed by atoms with Crippen molar-refractivity contribution in [3.8, 4) is 16.8 Å². The summed E-state index contributed by atoms with van der Waals surface area (Å²) >= 11 is -0.0774. The summed E-state index contributed by atoms with van der Waals surface area (Å²) in [4.78, 5) is 0. The summed E-state index contributed by atoms with van der Waals surface area (Å²) in [6.07, 6.45) is 6.25. The second-order valence-electron chi connectivity index (χ2n) is 8.39. The number of halogens is 1. The molecule has 34 heavy (non-hydrogen) atoms. The van der Waals surface area contributed by atoms with Crippen LogP contribution < -0.4 is 0 Å². The first-order valence-corrected chi connectivity index (χ1v) is 13.8. The molecule has 0 amide bonds. The van der Waals surface area contributed by atoms with Gasteiger partial charge in [0.15, 0.2) is 0 Å². The van der Waals surface area contributed by atoms with Crippen molar-refractivity contribution in [1.29, 1.82) is 0 Å². The monoisotopic (exact) mass is 549 g/mol. The van der Waals surface area contributed by atoms with E-state index >= 15 is 0 Å². The molecule has 0 spiro atoms. The highest BCUT2D eigenvalue weighted by Gasteiger charge is 2.21. The van der Waals surface area contributed by atoms with Gasteiger partial charge in [-0.2, -0.15) is 0 Å². The first-order valence-electron chi connectivity index (χ1n) is 11.3. The van der Waals surface area contributed by atoms with Crippen molar-refractivity contribution >= 4 is 63.1 Å². The van der Waals surface area contributed by atoms with E-state index in [1.165, 1.54) is 49.8 Å². The average Bonchev–Trinajstić information content (AvgIpc) is 3.52. The zero-order valence-corrected chi connectivity index (χ0v) is 20.4. The van der Waals surface area contributed by atoms with Gasteiger partial charge in [-0.05, 0) is 43.5 Å². The lowest BCUT2D eigenvalue weighted by Gasteiger charge is -2.20. The normalized spacial score (nSPS) is 13.5. The van der Waals surface area contributed by atoms with Gasteiger partial charge in [-0.3, -0.25) is 0 Å². The molecule has 0 unspecified atom stereocenters. The summed E-state index contributed by atoms with van der Waals surface area (Å²) in [5.74, 6) is 0. The van der Waals surface area contributed by atoms with Gasteiger partial charge in [0, 0.05) is 27.3 Å². The predicted octanol–water partition coefficient (Wildman–Crippen LogP) is 8.88. The highest BCUT2D eigenvalue weighted by atomic mass is 127. The van der Waals surface area contributed by atoms with E-state index in [1.54, 1.807) is 6.26 Å². The molecule has 2 aromatic heterocycles. The molecule has 0 fully saturated rings. The molecule has 1 aliphatic rings. The molecular weight excluding hydrogens is 529 g/mol. The number of aromatic nitrogens is 1. The standard InChI is InChI=1S/C31H20INO/c1-2-8-21(9-3-1)23-12-6-13-24(22-10-7-18-32-20-22)30(23)33-28-14-5-4-11-25(28)26-15-16-29-27(31(26)33)17-19-34-29/h1-20H. The minimum absolute atomic E-state index is 0.0774. The van der Waals surface area contributed by atoms with Crippen LogP contribution in [-0.4, -0.2) is 8.58 Å². The number of hydrogen-bond donors (Lipinski definition) is 0. The Morgan fingerprint density at radius 3 is 2.41 bits per heavy atom. The first-order chi connectivity index (χ1) is 16.9. The van der Waals surface area contributed by atoms with Gasteiger partial charge in [-0.15, -0.1) is 0 Å². The second-order valence-corrected chi connectivity index (χ2v) is 10.5. The zero-order valence-electron chi connectivity index (χ0n) is 18.3. The molecule has 3 heterocycles. The molecule has 0 bridgehead atoms. The van der Waals surface area contributed by atoms with Gasteiger partial charge in [0.25, 0.3) is 0 Å². The number of benzene rings is 4. The fraction of sp³-hybridized carbons (Fsp3) is 0. The van der Waals surface area contributed by atoms with Crippen LogP contribution in [0, 0.1) is 0 Å². The summed E-state index contributed by atoms with van der Waals surface area (Å²) in [7, 11) is 0. The smallest absolute Gasteiger partial charge is 0.136 e. The van der Waals surface area contributed by atoms with Crippen LogP contribution in [0.1, 0.15) is 5.56 Å². The number of rotatable bonds is 3. The Labute approximate surface area is 207 Å². The minimum Gasteiger partial charge on any atom is -0.464 e.